The molecule has 0 amide bonds. The van der Waals surface area contributed by atoms with Crippen molar-refractivity contribution < 1.29 is 19.4 Å². The maximum absolute atomic E-state index is 10.8. The van der Waals surface area contributed by atoms with Crippen LogP contribution in [0.3, 0.4) is 0 Å². The van der Waals surface area contributed by atoms with E-state index < -0.39 is 5.97 Å². The molecule has 0 bridgehead atoms. The molecule has 0 unspecified atom stereocenters. The van der Waals surface area contributed by atoms with Crippen LogP contribution in [0, 0.1) is 0 Å². The maximum atomic E-state index is 10.8. The van der Waals surface area contributed by atoms with Crippen LogP contribution in [-0.2, 0) is 11.2 Å². The Balaban J connectivity index is 2.24. The molecule has 0 aliphatic rings. The molecule has 1 N–H and O–H groups in total. The van der Waals surface area contributed by atoms with Crippen LogP contribution < -0.4 is 9.47 Å². The number of carboxylic acids is 1. The SMILES string of the molecule is COc1cccc(Oc2ccccc2CC(=O)O)n1. The molecule has 0 radical (unpaired) electrons. The van der Waals surface area contributed by atoms with Gasteiger partial charge in [-0.05, 0) is 6.07 Å². The minimum absolute atomic E-state index is 0.0971. The lowest BCUT2D eigenvalue weighted by molar-refractivity contribution is -0.136. The van der Waals surface area contributed by atoms with E-state index in [4.69, 9.17) is 14.6 Å². The van der Waals surface area contributed by atoms with Gasteiger partial charge in [-0.15, -0.1) is 0 Å². The summed E-state index contributed by atoms with van der Waals surface area (Å²) in [6, 6.07) is 12.1. The van der Waals surface area contributed by atoms with E-state index >= 15 is 0 Å². The van der Waals surface area contributed by atoms with Crippen LogP contribution in [-0.4, -0.2) is 23.2 Å². The number of nitrogens with zero attached hydrogens (tertiary/aromatic N) is 1. The predicted molar refractivity (Wildman–Crippen MR) is 68.6 cm³/mol. The zero-order chi connectivity index (χ0) is 13.7. The molecule has 2 aromatic rings. The average molecular weight is 259 g/mol. The highest BCUT2D eigenvalue weighted by Gasteiger charge is 2.09. The van der Waals surface area contributed by atoms with Crippen molar-refractivity contribution in [3.63, 3.8) is 0 Å². The van der Waals surface area contributed by atoms with Crippen molar-refractivity contribution in [3.05, 3.63) is 48.0 Å². The van der Waals surface area contributed by atoms with Crippen LogP contribution in [0.25, 0.3) is 0 Å². The molecule has 0 saturated heterocycles. The summed E-state index contributed by atoms with van der Waals surface area (Å²) < 4.78 is 10.6. The minimum atomic E-state index is -0.908. The number of aromatic nitrogens is 1. The molecule has 1 aromatic heterocycles. The van der Waals surface area contributed by atoms with E-state index in [0.717, 1.165) is 0 Å². The summed E-state index contributed by atoms with van der Waals surface area (Å²) in [4.78, 5) is 14.9. The van der Waals surface area contributed by atoms with Crippen molar-refractivity contribution in [2.45, 2.75) is 6.42 Å². The van der Waals surface area contributed by atoms with E-state index in [1.807, 2.05) is 0 Å². The molecule has 1 heterocycles. The summed E-state index contributed by atoms with van der Waals surface area (Å²) in [7, 11) is 1.52. The molecule has 0 aliphatic carbocycles. The highest BCUT2D eigenvalue weighted by molar-refractivity contribution is 5.71. The molecule has 0 fully saturated rings. The van der Waals surface area contributed by atoms with Crippen molar-refractivity contribution in [1.82, 2.24) is 4.98 Å². The summed E-state index contributed by atoms with van der Waals surface area (Å²) in [5.41, 5.74) is 0.597. The maximum Gasteiger partial charge on any atom is 0.307 e. The molecule has 0 saturated carbocycles. The number of hydrogen-bond acceptors (Lipinski definition) is 4. The molecule has 0 aliphatic heterocycles. The van der Waals surface area contributed by atoms with Crippen molar-refractivity contribution in [3.8, 4) is 17.5 Å². The minimum Gasteiger partial charge on any atom is -0.481 e. The molecular weight excluding hydrogens is 246 g/mol. The van der Waals surface area contributed by atoms with Gasteiger partial charge in [-0.3, -0.25) is 4.79 Å². The monoisotopic (exact) mass is 259 g/mol. The third kappa shape index (κ3) is 3.45. The standard InChI is InChI=1S/C14H13NO4/c1-18-12-7-4-8-13(15-12)19-11-6-3-2-5-10(11)9-14(16)17/h2-8H,9H2,1H3,(H,16,17). The lowest BCUT2D eigenvalue weighted by Crippen LogP contribution is -2.02. The van der Waals surface area contributed by atoms with E-state index in [1.165, 1.54) is 7.11 Å². The van der Waals surface area contributed by atoms with Gasteiger partial charge in [-0.2, -0.15) is 4.98 Å². The fourth-order valence-corrected chi connectivity index (χ4v) is 1.59. The van der Waals surface area contributed by atoms with Gasteiger partial charge in [-0.25, -0.2) is 0 Å². The van der Waals surface area contributed by atoms with Gasteiger partial charge in [0.25, 0.3) is 0 Å². The van der Waals surface area contributed by atoms with Crippen molar-refractivity contribution in [2.24, 2.45) is 0 Å². The van der Waals surface area contributed by atoms with E-state index in [1.54, 1.807) is 42.5 Å². The number of para-hydroxylation sites is 1. The van der Waals surface area contributed by atoms with Gasteiger partial charge >= 0.3 is 5.97 Å². The van der Waals surface area contributed by atoms with Gasteiger partial charge in [0.05, 0.1) is 13.5 Å². The molecule has 5 heteroatoms. The summed E-state index contributed by atoms with van der Waals surface area (Å²) >= 11 is 0. The first-order valence-electron chi connectivity index (χ1n) is 5.67. The van der Waals surface area contributed by atoms with Crippen LogP contribution in [0.15, 0.2) is 42.5 Å². The number of ether oxygens (including phenoxy) is 2. The molecule has 19 heavy (non-hydrogen) atoms. The third-order valence-corrected chi connectivity index (χ3v) is 2.44. The number of hydrogen-bond donors (Lipinski definition) is 1. The first-order chi connectivity index (χ1) is 9.19. The molecule has 98 valence electrons. The summed E-state index contributed by atoms with van der Waals surface area (Å²) in [5, 5.41) is 8.85. The van der Waals surface area contributed by atoms with Crippen LogP contribution in [0.2, 0.25) is 0 Å². The fourth-order valence-electron chi connectivity index (χ4n) is 1.59. The second kappa shape index (κ2) is 5.86. The normalized spacial score (nSPS) is 9.95. The molecule has 2 rings (SSSR count). The van der Waals surface area contributed by atoms with Gasteiger partial charge < -0.3 is 14.6 Å². The Morgan fingerprint density at radius 1 is 1.16 bits per heavy atom. The van der Waals surface area contributed by atoms with Crippen LogP contribution in [0.5, 0.6) is 17.5 Å². The number of carboxylic acid groups (broad SMARTS) is 1. The van der Waals surface area contributed by atoms with E-state index in [9.17, 15) is 4.79 Å². The number of aliphatic carboxylic acids is 1. The molecular formula is C14H13NO4. The second-order valence-electron chi connectivity index (χ2n) is 3.80. The Labute approximate surface area is 110 Å². The highest BCUT2D eigenvalue weighted by atomic mass is 16.5. The number of carbonyl (C=O) groups is 1. The summed E-state index contributed by atoms with van der Waals surface area (Å²) in [5.74, 6) is 0.366. The highest BCUT2D eigenvalue weighted by Crippen LogP contribution is 2.25. The van der Waals surface area contributed by atoms with Crippen molar-refractivity contribution >= 4 is 5.97 Å². The molecule has 0 atom stereocenters. The van der Waals surface area contributed by atoms with Crippen LogP contribution in [0.4, 0.5) is 0 Å². The third-order valence-electron chi connectivity index (χ3n) is 2.44. The first-order valence-corrected chi connectivity index (χ1v) is 5.67. The lowest BCUT2D eigenvalue weighted by Gasteiger charge is -2.09. The first kappa shape index (κ1) is 12.9. The van der Waals surface area contributed by atoms with Gasteiger partial charge in [0.2, 0.25) is 11.8 Å². The molecule has 1 aromatic carbocycles. The number of rotatable bonds is 5. The van der Waals surface area contributed by atoms with Gasteiger partial charge in [-0.1, -0.05) is 24.3 Å². The van der Waals surface area contributed by atoms with Gasteiger partial charge in [0.15, 0.2) is 0 Å². The topological polar surface area (TPSA) is 68.7 Å². The van der Waals surface area contributed by atoms with E-state index in [2.05, 4.69) is 4.98 Å². The van der Waals surface area contributed by atoms with E-state index in [-0.39, 0.29) is 6.42 Å². The number of benzene rings is 1. The van der Waals surface area contributed by atoms with Crippen LogP contribution in [0.1, 0.15) is 5.56 Å². The molecule has 5 nitrogen and oxygen atoms in total. The summed E-state index contributed by atoms with van der Waals surface area (Å²) in [6.45, 7) is 0. The van der Waals surface area contributed by atoms with Crippen molar-refractivity contribution in [2.75, 3.05) is 7.11 Å². The zero-order valence-electron chi connectivity index (χ0n) is 10.4. The Morgan fingerprint density at radius 3 is 2.63 bits per heavy atom. The van der Waals surface area contributed by atoms with Crippen molar-refractivity contribution in [1.29, 1.82) is 0 Å². The predicted octanol–water partition coefficient (Wildman–Crippen LogP) is 2.51. The van der Waals surface area contributed by atoms with E-state index in [0.29, 0.717) is 23.1 Å². The largest absolute Gasteiger partial charge is 0.481 e. The van der Waals surface area contributed by atoms with Gasteiger partial charge in [0.1, 0.15) is 5.75 Å². The zero-order valence-corrected chi connectivity index (χ0v) is 10.4. The smallest absolute Gasteiger partial charge is 0.307 e. The Morgan fingerprint density at radius 2 is 1.89 bits per heavy atom. The quantitative estimate of drug-likeness (QED) is 0.893. The number of methoxy groups -OCH3 is 1. The Kier molecular flexibility index (Phi) is 3.97. The van der Waals surface area contributed by atoms with Gasteiger partial charge in [0, 0.05) is 17.7 Å². The number of pyridine rings is 1. The lowest BCUT2D eigenvalue weighted by atomic mass is 10.1. The molecule has 0 spiro atoms. The van der Waals surface area contributed by atoms with Crippen LogP contribution >= 0.6 is 0 Å². The summed E-state index contributed by atoms with van der Waals surface area (Å²) in [6.07, 6.45) is -0.0971. The second-order valence-corrected chi connectivity index (χ2v) is 3.80. The Bertz CT molecular complexity index is 583. The fraction of sp³-hybridized carbons (Fsp3) is 0.143. The average Bonchev–Trinajstić information content (AvgIpc) is 2.41. The Hall–Kier alpha value is -2.56.